The Morgan fingerprint density at radius 3 is 2.69 bits per heavy atom. The molecule has 1 amide bonds. The van der Waals surface area contributed by atoms with Gasteiger partial charge in [0.1, 0.15) is 0 Å². The van der Waals surface area contributed by atoms with Crippen molar-refractivity contribution in [3.05, 3.63) is 51.2 Å². The molecule has 1 aliphatic carbocycles. The maximum Gasteiger partial charge on any atom is 0.276 e. The van der Waals surface area contributed by atoms with Gasteiger partial charge in [-0.15, -0.1) is 16.2 Å². The summed E-state index contributed by atoms with van der Waals surface area (Å²) in [6.07, 6.45) is 5.02. The van der Waals surface area contributed by atoms with E-state index in [-0.39, 0.29) is 4.90 Å². The molecule has 0 saturated carbocycles. The fourth-order valence-electron chi connectivity index (χ4n) is 3.18. The van der Waals surface area contributed by atoms with Gasteiger partial charge in [0.15, 0.2) is 0 Å². The largest absolute Gasteiger partial charge is 0.276 e. The fraction of sp³-hybridized carbons (Fsp3) is 0.421. The zero-order chi connectivity index (χ0) is 18.7. The smallest absolute Gasteiger partial charge is 0.273 e. The lowest BCUT2D eigenvalue weighted by Gasteiger charge is -2.16. The summed E-state index contributed by atoms with van der Waals surface area (Å²) in [7, 11) is -3.78. The molecule has 0 spiro atoms. The molecule has 2 aromatic rings. The Balaban J connectivity index is 1.65. The van der Waals surface area contributed by atoms with E-state index in [0.717, 1.165) is 37.7 Å². The van der Waals surface area contributed by atoms with Gasteiger partial charge in [-0.25, -0.2) is 8.42 Å². The minimum absolute atomic E-state index is 0.136. The molecule has 0 aliphatic heterocycles. The van der Waals surface area contributed by atoms with Gasteiger partial charge in [-0.05, 0) is 60.9 Å². The fourth-order valence-corrected chi connectivity index (χ4v) is 5.12. The van der Waals surface area contributed by atoms with Crippen molar-refractivity contribution in [2.45, 2.75) is 50.8 Å². The zero-order valence-corrected chi connectivity index (χ0v) is 16.7. The standard InChI is InChI=1S/C19H24N2O3S2/c1-3-4-14-6-8-16(9-7-14)26(23,24)21-20-19(22)18-12-15-11-13(2)5-10-17(15)25-18/h6-9,12-13,21H,3-5,10-11H2,1-2H3,(H,20,22)/t13-/m0/s1. The number of hydrogen-bond acceptors (Lipinski definition) is 4. The SMILES string of the molecule is CCCc1ccc(S(=O)(=O)NNC(=O)c2cc3c(s2)CC[C@H](C)C3)cc1. The molecular formula is C19H24N2O3S2. The van der Waals surface area contributed by atoms with Crippen LogP contribution in [-0.2, 0) is 29.3 Å². The number of nitrogens with one attached hydrogen (secondary N) is 2. The number of thiophene rings is 1. The summed E-state index contributed by atoms with van der Waals surface area (Å²) >= 11 is 1.45. The molecule has 0 fully saturated rings. The number of carbonyl (C=O) groups is 1. The van der Waals surface area contributed by atoms with Crippen LogP contribution in [-0.4, -0.2) is 14.3 Å². The average molecular weight is 393 g/mol. The average Bonchev–Trinajstić information content (AvgIpc) is 3.04. The molecule has 26 heavy (non-hydrogen) atoms. The van der Waals surface area contributed by atoms with Crippen molar-refractivity contribution in [1.82, 2.24) is 10.3 Å². The summed E-state index contributed by atoms with van der Waals surface area (Å²) in [5.74, 6) is 0.213. The molecule has 7 heteroatoms. The third kappa shape index (κ3) is 4.34. The molecule has 0 saturated heterocycles. The van der Waals surface area contributed by atoms with Gasteiger partial charge >= 0.3 is 0 Å². The van der Waals surface area contributed by atoms with Crippen molar-refractivity contribution in [3.8, 4) is 0 Å². The van der Waals surface area contributed by atoms with E-state index in [1.807, 2.05) is 6.07 Å². The Morgan fingerprint density at radius 1 is 1.27 bits per heavy atom. The quantitative estimate of drug-likeness (QED) is 0.740. The van der Waals surface area contributed by atoms with Crippen LogP contribution >= 0.6 is 11.3 Å². The second-order valence-corrected chi connectivity index (χ2v) is 9.68. The van der Waals surface area contributed by atoms with Crippen LogP contribution in [0, 0.1) is 5.92 Å². The highest BCUT2D eigenvalue weighted by Crippen LogP contribution is 2.32. The molecule has 0 unspecified atom stereocenters. The van der Waals surface area contributed by atoms with Gasteiger partial charge in [-0.1, -0.05) is 32.4 Å². The molecule has 2 N–H and O–H groups in total. The second kappa shape index (κ2) is 7.90. The Morgan fingerprint density at radius 2 is 2.00 bits per heavy atom. The molecule has 1 aromatic carbocycles. The van der Waals surface area contributed by atoms with E-state index in [1.54, 1.807) is 24.3 Å². The van der Waals surface area contributed by atoms with Gasteiger partial charge in [-0.2, -0.15) is 0 Å². The molecule has 140 valence electrons. The summed E-state index contributed by atoms with van der Waals surface area (Å²) in [5.41, 5.74) is 4.64. The zero-order valence-electron chi connectivity index (χ0n) is 15.0. The first-order valence-corrected chi connectivity index (χ1v) is 11.2. The predicted molar refractivity (Wildman–Crippen MR) is 104 cm³/mol. The number of fused-ring (bicyclic) bond motifs is 1. The maximum absolute atomic E-state index is 12.4. The van der Waals surface area contributed by atoms with E-state index in [2.05, 4.69) is 24.1 Å². The van der Waals surface area contributed by atoms with E-state index in [4.69, 9.17) is 0 Å². The van der Waals surface area contributed by atoms with Crippen molar-refractivity contribution in [1.29, 1.82) is 0 Å². The van der Waals surface area contributed by atoms with Gasteiger partial charge in [0.25, 0.3) is 15.9 Å². The van der Waals surface area contributed by atoms with Crippen molar-refractivity contribution in [2.75, 3.05) is 0 Å². The number of hydrazine groups is 1. The van der Waals surface area contributed by atoms with Crippen molar-refractivity contribution in [3.63, 3.8) is 0 Å². The topological polar surface area (TPSA) is 75.3 Å². The minimum atomic E-state index is -3.78. The van der Waals surface area contributed by atoms with Gasteiger partial charge in [0.2, 0.25) is 0 Å². The highest BCUT2D eigenvalue weighted by Gasteiger charge is 2.22. The number of sulfonamides is 1. The number of carbonyl (C=O) groups excluding carboxylic acids is 1. The summed E-state index contributed by atoms with van der Waals surface area (Å²) in [5, 5.41) is 0. The second-order valence-electron chi connectivity index (χ2n) is 6.86. The number of rotatable bonds is 6. The predicted octanol–water partition coefficient (Wildman–Crippen LogP) is 3.45. The van der Waals surface area contributed by atoms with Crippen molar-refractivity contribution in [2.24, 2.45) is 5.92 Å². The summed E-state index contributed by atoms with van der Waals surface area (Å²) in [6.45, 7) is 4.28. The highest BCUT2D eigenvalue weighted by atomic mass is 32.2. The Bertz CT molecular complexity index is 886. The third-order valence-electron chi connectivity index (χ3n) is 4.62. The maximum atomic E-state index is 12.4. The summed E-state index contributed by atoms with van der Waals surface area (Å²) in [4.78, 5) is 16.4. The van der Waals surface area contributed by atoms with Gasteiger partial charge in [-0.3, -0.25) is 10.2 Å². The molecule has 0 bridgehead atoms. The summed E-state index contributed by atoms with van der Waals surface area (Å²) < 4.78 is 24.7. The van der Waals surface area contributed by atoms with Crippen LogP contribution in [0.1, 0.15) is 52.4 Å². The van der Waals surface area contributed by atoms with E-state index < -0.39 is 15.9 Å². The lowest BCUT2D eigenvalue weighted by molar-refractivity contribution is 0.0949. The molecule has 0 radical (unpaired) electrons. The first-order chi connectivity index (χ1) is 12.4. The normalized spacial score (nSPS) is 16.9. The lowest BCUT2D eigenvalue weighted by atomic mass is 9.90. The number of benzene rings is 1. The Hall–Kier alpha value is -1.70. The molecular weight excluding hydrogens is 368 g/mol. The van der Waals surface area contributed by atoms with E-state index >= 15 is 0 Å². The summed E-state index contributed by atoms with van der Waals surface area (Å²) in [6, 6.07) is 8.61. The van der Waals surface area contributed by atoms with Gasteiger partial charge in [0.05, 0.1) is 9.77 Å². The Kier molecular flexibility index (Phi) is 5.79. The van der Waals surface area contributed by atoms with Crippen LogP contribution in [0.2, 0.25) is 0 Å². The van der Waals surface area contributed by atoms with Crippen LogP contribution in [0.3, 0.4) is 0 Å². The van der Waals surface area contributed by atoms with Gasteiger partial charge in [0, 0.05) is 4.88 Å². The van der Waals surface area contributed by atoms with Crippen LogP contribution in [0.4, 0.5) is 0 Å². The minimum Gasteiger partial charge on any atom is -0.273 e. The van der Waals surface area contributed by atoms with Crippen LogP contribution in [0.5, 0.6) is 0 Å². The first kappa shape index (κ1) is 19.1. The van der Waals surface area contributed by atoms with Gasteiger partial charge < -0.3 is 0 Å². The number of hydrogen-bond donors (Lipinski definition) is 2. The Labute approximate surface area is 158 Å². The van der Waals surface area contributed by atoms with Crippen LogP contribution < -0.4 is 10.3 Å². The lowest BCUT2D eigenvalue weighted by Crippen LogP contribution is -2.41. The van der Waals surface area contributed by atoms with Crippen LogP contribution in [0.25, 0.3) is 0 Å². The van der Waals surface area contributed by atoms with Crippen molar-refractivity contribution >= 4 is 27.3 Å². The molecule has 5 nitrogen and oxygen atoms in total. The third-order valence-corrected chi connectivity index (χ3v) is 7.12. The molecule has 1 aromatic heterocycles. The van der Waals surface area contributed by atoms with E-state index in [0.29, 0.717) is 10.8 Å². The first-order valence-electron chi connectivity index (χ1n) is 8.91. The number of aryl methyl sites for hydroxylation is 2. The van der Waals surface area contributed by atoms with Crippen molar-refractivity contribution < 1.29 is 13.2 Å². The number of amides is 1. The molecule has 3 rings (SSSR count). The highest BCUT2D eigenvalue weighted by molar-refractivity contribution is 7.89. The molecule has 1 atom stereocenters. The molecule has 1 heterocycles. The monoisotopic (exact) mass is 392 g/mol. The van der Waals surface area contributed by atoms with E-state index in [1.165, 1.54) is 21.8 Å². The molecule has 1 aliphatic rings. The van der Waals surface area contributed by atoms with Crippen LogP contribution in [0.15, 0.2) is 35.2 Å². The van der Waals surface area contributed by atoms with E-state index in [9.17, 15) is 13.2 Å².